The number of hydrogen-bond acceptors (Lipinski definition) is 5. The second kappa shape index (κ2) is 14.0. The Morgan fingerprint density at radius 1 is 0.872 bits per heavy atom. The molecule has 0 spiro atoms. The van der Waals surface area contributed by atoms with Crippen LogP contribution in [0.3, 0.4) is 0 Å². The van der Waals surface area contributed by atoms with E-state index in [1.807, 2.05) is 60.7 Å². The van der Waals surface area contributed by atoms with Gasteiger partial charge in [0.2, 0.25) is 11.8 Å². The molecule has 4 atom stereocenters. The zero-order valence-electron chi connectivity index (χ0n) is 22.4. The minimum Gasteiger partial charge on any atom is -0.480 e. The number of benzene rings is 2. The van der Waals surface area contributed by atoms with Gasteiger partial charge in [0.15, 0.2) is 0 Å². The average Bonchev–Trinajstić information content (AvgIpc) is 3.44. The number of Topliss-reactive ketones (excluding diaryl/α,β-unsaturated/α-hetero) is 1. The SMILES string of the molecule is O=C(CC(Cc1ccccc1)NC(=O)[C@@H]1CCCCN1)C[C@@H](Cc1ccccc1)C(=O)N1CCC[C@H]1C(=O)O. The van der Waals surface area contributed by atoms with Crippen LogP contribution in [0.2, 0.25) is 0 Å². The Kier molecular flexibility index (Phi) is 10.3. The summed E-state index contributed by atoms with van der Waals surface area (Å²) < 4.78 is 0. The van der Waals surface area contributed by atoms with Crippen LogP contribution in [-0.4, -0.2) is 64.8 Å². The molecule has 4 rings (SSSR count). The van der Waals surface area contributed by atoms with Crippen molar-refractivity contribution in [2.24, 2.45) is 5.92 Å². The average molecular weight is 534 g/mol. The van der Waals surface area contributed by atoms with Crippen LogP contribution in [0.15, 0.2) is 60.7 Å². The number of nitrogens with zero attached hydrogens (tertiary/aromatic N) is 1. The van der Waals surface area contributed by atoms with E-state index in [2.05, 4.69) is 10.6 Å². The summed E-state index contributed by atoms with van der Waals surface area (Å²) in [5, 5.41) is 16.0. The molecule has 2 aliphatic rings. The van der Waals surface area contributed by atoms with E-state index < -0.39 is 24.0 Å². The predicted octanol–water partition coefficient (Wildman–Crippen LogP) is 3.14. The quantitative estimate of drug-likeness (QED) is 0.386. The van der Waals surface area contributed by atoms with E-state index in [4.69, 9.17) is 0 Å². The maximum Gasteiger partial charge on any atom is 0.326 e. The van der Waals surface area contributed by atoms with E-state index in [1.54, 1.807) is 0 Å². The molecule has 2 aliphatic heterocycles. The first-order chi connectivity index (χ1) is 18.9. The van der Waals surface area contributed by atoms with Crippen LogP contribution >= 0.6 is 0 Å². The molecular weight excluding hydrogens is 494 g/mol. The Labute approximate surface area is 230 Å². The van der Waals surface area contributed by atoms with Crippen LogP contribution in [-0.2, 0) is 32.0 Å². The highest BCUT2D eigenvalue weighted by atomic mass is 16.4. The number of hydrogen-bond donors (Lipinski definition) is 3. The van der Waals surface area contributed by atoms with Gasteiger partial charge in [0.1, 0.15) is 11.8 Å². The third-order valence-electron chi connectivity index (χ3n) is 7.74. The molecule has 2 aromatic rings. The zero-order chi connectivity index (χ0) is 27.6. The summed E-state index contributed by atoms with van der Waals surface area (Å²) >= 11 is 0. The smallest absolute Gasteiger partial charge is 0.326 e. The van der Waals surface area contributed by atoms with Gasteiger partial charge in [0.25, 0.3) is 0 Å². The lowest BCUT2D eigenvalue weighted by molar-refractivity contribution is -0.150. The van der Waals surface area contributed by atoms with Crippen LogP contribution in [0.4, 0.5) is 0 Å². The van der Waals surface area contributed by atoms with Crippen molar-refractivity contribution in [1.82, 2.24) is 15.5 Å². The second-order valence-corrected chi connectivity index (χ2v) is 10.8. The summed E-state index contributed by atoms with van der Waals surface area (Å²) in [5.41, 5.74) is 1.94. The van der Waals surface area contributed by atoms with Gasteiger partial charge in [-0.15, -0.1) is 0 Å². The topological polar surface area (TPSA) is 116 Å². The normalized spacial score (nSPS) is 20.7. The molecule has 3 N–H and O–H groups in total. The molecule has 2 aromatic carbocycles. The Morgan fingerprint density at radius 3 is 2.15 bits per heavy atom. The number of ketones is 1. The van der Waals surface area contributed by atoms with Gasteiger partial charge in [-0.05, 0) is 56.2 Å². The highest BCUT2D eigenvalue weighted by Crippen LogP contribution is 2.25. The van der Waals surface area contributed by atoms with E-state index in [-0.39, 0.29) is 36.5 Å². The third-order valence-corrected chi connectivity index (χ3v) is 7.74. The van der Waals surface area contributed by atoms with Gasteiger partial charge in [-0.1, -0.05) is 67.1 Å². The third kappa shape index (κ3) is 8.23. The fourth-order valence-corrected chi connectivity index (χ4v) is 5.75. The fourth-order valence-electron chi connectivity index (χ4n) is 5.75. The Bertz CT molecular complexity index is 1120. The standard InChI is InChI=1S/C31H39N3O5/c35-26(21-25(19-23-12-5-2-6-13-23)33-29(36)27-14-7-8-16-32-27)20-24(18-22-10-3-1-4-11-22)30(37)34-17-9-15-28(34)31(38)39/h1-6,10-13,24-25,27-28,32H,7-9,14-21H2,(H,33,36)(H,38,39)/t24-,25?,27+,28+/m1/s1. The molecule has 8 nitrogen and oxygen atoms in total. The number of carboxylic acid groups (broad SMARTS) is 1. The molecule has 0 saturated carbocycles. The monoisotopic (exact) mass is 533 g/mol. The van der Waals surface area contributed by atoms with Crippen molar-refractivity contribution in [2.45, 2.75) is 75.9 Å². The van der Waals surface area contributed by atoms with Crippen LogP contribution in [0.5, 0.6) is 0 Å². The minimum absolute atomic E-state index is 0.000590. The van der Waals surface area contributed by atoms with Crippen molar-refractivity contribution < 1.29 is 24.3 Å². The zero-order valence-corrected chi connectivity index (χ0v) is 22.4. The van der Waals surface area contributed by atoms with E-state index >= 15 is 0 Å². The lowest BCUT2D eigenvalue weighted by atomic mass is 9.89. The Morgan fingerprint density at radius 2 is 1.54 bits per heavy atom. The lowest BCUT2D eigenvalue weighted by Gasteiger charge is -2.28. The number of amides is 2. The minimum atomic E-state index is -1.01. The predicted molar refractivity (Wildman–Crippen MR) is 148 cm³/mol. The molecule has 2 saturated heterocycles. The number of carbonyl (C=O) groups excluding carboxylic acids is 3. The second-order valence-electron chi connectivity index (χ2n) is 10.8. The van der Waals surface area contributed by atoms with E-state index in [1.165, 1.54) is 4.90 Å². The largest absolute Gasteiger partial charge is 0.480 e. The van der Waals surface area contributed by atoms with Gasteiger partial charge in [-0.25, -0.2) is 4.79 Å². The van der Waals surface area contributed by atoms with Gasteiger partial charge in [-0.2, -0.15) is 0 Å². The van der Waals surface area contributed by atoms with E-state index in [0.717, 1.165) is 36.9 Å². The molecule has 208 valence electrons. The van der Waals surface area contributed by atoms with E-state index in [9.17, 15) is 24.3 Å². The number of likely N-dealkylation sites (tertiary alicyclic amines) is 1. The number of nitrogens with one attached hydrogen (secondary N) is 2. The summed E-state index contributed by atoms with van der Waals surface area (Å²) in [5.74, 6) is -2.16. The van der Waals surface area contributed by atoms with Gasteiger partial charge in [0.05, 0.1) is 6.04 Å². The van der Waals surface area contributed by atoms with Crippen LogP contribution in [0.1, 0.15) is 56.1 Å². The van der Waals surface area contributed by atoms with Crippen molar-refractivity contribution in [3.63, 3.8) is 0 Å². The van der Waals surface area contributed by atoms with Crippen LogP contribution in [0, 0.1) is 5.92 Å². The van der Waals surface area contributed by atoms with Gasteiger partial charge >= 0.3 is 5.97 Å². The summed E-state index contributed by atoms with van der Waals surface area (Å²) in [6.07, 6.45) is 4.84. The number of carbonyl (C=O) groups is 4. The van der Waals surface area contributed by atoms with Gasteiger partial charge in [-0.3, -0.25) is 14.4 Å². The maximum absolute atomic E-state index is 13.6. The maximum atomic E-state index is 13.6. The first-order valence-electron chi connectivity index (χ1n) is 14.1. The summed E-state index contributed by atoms with van der Waals surface area (Å²) in [6, 6.07) is 17.7. The summed E-state index contributed by atoms with van der Waals surface area (Å²) in [6.45, 7) is 1.19. The molecule has 0 radical (unpaired) electrons. The molecule has 0 aliphatic carbocycles. The molecule has 2 fully saturated rings. The molecule has 8 heteroatoms. The molecule has 2 heterocycles. The number of carboxylic acids is 1. The molecule has 2 amide bonds. The van der Waals surface area contributed by atoms with Crippen molar-refractivity contribution in [3.8, 4) is 0 Å². The Hall–Kier alpha value is -3.52. The molecule has 1 unspecified atom stereocenters. The molecule has 0 bridgehead atoms. The van der Waals surface area contributed by atoms with Gasteiger partial charge in [0, 0.05) is 31.3 Å². The van der Waals surface area contributed by atoms with Gasteiger partial charge < -0.3 is 20.6 Å². The number of aliphatic carboxylic acids is 1. The van der Waals surface area contributed by atoms with Crippen LogP contribution in [0.25, 0.3) is 0 Å². The van der Waals surface area contributed by atoms with Crippen LogP contribution < -0.4 is 10.6 Å². The Balaban J connectivity index is 1.48. The number of piperidine rings is 1. The molecule has 39 heavy (non-hydrogen) atoms. The number of rotatable bonds is 12. The van der Waals surface area contributed by atoms with Crippen molar-refractivity contribution in [1.29, 1.82) is 0 Å². The van der Waals surface area contributed by atoms with Crippen molar-refractivity contribution in [3.05, 3.63) is 71.8 Å². The summed E-state index contributed by atoms with van der Waals surface area (Å²) in [7, 11) is 0. The summed E-state index contributed by atoms with van der Waals surface area (Å²) in [4.78, 5) is 53.3. The first-order valence-corrected chi connectivity index (χ1v) is 14.1. The van der Waals surface area contributed by atoms with Crippen molar-refractivity contribution >= 4 is 23.6 Å². The fraction of sp³-hybridized carbons (Fsp3) is 0.484. The molecular formula is C31H39N3O5. The lowest BCUT2D eigenvalue weighted by Crippen LogP contribution is -2.50. The molecule has 0 aromatic heterocycles. The highest BCUT2D eigenvalue weighted by Gasteiger charge is 2.38. The van der Waals surface area contributed by atoms with E-state index in [0.29, 0.717) is 32.2 Å². The highest BCUT2D eigenvalue weighted by molar-refractivity contribution is 5.90. The first kappa shape index (κ1) is 28.5. The van der Waals surface area contributed by atoms with Crippen molar-refractivity contribution in [2.75, 3.05) is 13.1 Å².